The van der Waals surface area contributed by atoms with Gasteiger partial charge < -0.3 is 18.3 Å². The first-order chi connectivity index (χ1) is 30.0. The summed E-state index contributed by atoms with van der Waals surface area (Å²) in [6.07, 6.45) is 0. The lowest BCUT2D eigenvalue weighted by atomic mass is 9.82. The molecule has 0 radical (unpaired) electrons. The van der Waals surface area contributed by atoms with Crippen LogP contribution in [0.15, 0.2) is 203 Å². The van der Waals surface area contributed by atoms with Gasteiger partial charge in [0, 0.05) is 66.5 Å². The average molecular weight is 783 g/mol. The molecule has 0 fully saturated rings. The maximum Gasteiger partial charge on any atom is 0.137 e. The smallest absolute Gasteiger partial charge is 0.137 e. The minimum absolute atomic E-state index is 0.0885. The molecule has 0 saturated heterocycles. The molecule has 0 atom stereocenters. The molecule has 0 unspecified atom stereocenters. The number of aromatic nitrogens is 1. The normalized spacial score (nSPS) is 13.2. The first-order valence-corrected chi connectivity index (χ1v) is 21.0. The number of para-hydroxylation sites is 3. The van der Waals surface area contributed by atoms with Crippen LogP contribution >= 0.6 is 0 Å². The summed E-state index contributed by atoms with van der Waals surface area (Å²) in [5.41, 5.74) is 17.9. The highest BCUT2D eigenvalue weighted by molar-refractivity contribution is 6.13. The summed E-state index contributed by atoms with van der Waals surface area (Å²) in [5, 5.41) is 6.91. The molecule has 1 aliphatic rings. The minimum Gasteiger partial charge on any atom is -0.456 e. The summed E-state index contributed by atoms with van der Waals surface area (Å²) >= 11 is 0. The van der Waals surface area contributed by atoms with Gasteiger partial charge in [-0.25, -0.2) is 0 Å². The fourth-order valence-corrected chi connectivity index (χ4v) is 10.2. The Morgan fingerprint density at radius 1 is 0.377 bits per heavy atom. The molecule has 12 aromatic rings. The van der Waals surface area contributed by atoms with E-state index in [4.69, 9.17) is 8.83 Å². The van der Waals surface area contributed by atoms with Crippen molar-refractivity contribution in [2.75, 3.05) is 4.90 Å². The van der Waals surface area contributed by atoms with Gasteiger partial charge in [0.15, 0.2) is 0 Å². The van der Waals surface area contributed by atoms with Crippen molar-refractivity contribution in [3.05, 3.63) is 205 Å². The van der Waals surface area contributed by atoms with Gasteiger partial charge in [0.05, 0.1) is 11.0 Å². The average Bonchev–Trinajstić information content (AvgIpc) is 4.02. The molecule has 3 aromatic heterocycles. The van der Waals surface area contributed by atoms with Gasteiger partial charge in [0.1, 0.15) is 22.3 Å². The molecule has 288 valence electrons. The molecule has 0 amide bonds. The molecule has 3 heterocycles. The van der Waals surface area contributed by atoms with E-state index in [1.54, 1.807) is 0 Å². The van der Waals surface area contributed by atoms with E-state index in [0.717, 1.165) is 72.2 Å². The largest absolute Gasteiger partial charge is 0.456 e. The van der Waals surface area contributed by atoms with Crippen LogP contribution in [-0.4, -0.2) is 4.57 Å². The van der Waals surface area contributed by atoms with Crippen molar-refractivity contribution in [3.8, 4) is 27.9 Å². The van der Waals surface area contributed by atoms with Crippen LogP contribution < -0.4 is 4.90 Å². The fourth-order valence-electron chi connectivity index (χ4n) is 10.2. The van der Waals surface area contributed by atoms with Crippen molar-refractivity contribution in [1.29, 1.82) is 0 Å². The lowest BCUT2D eigenvalue weighted by molar-refractivity contribution is 0.661. The molecule has 9 aromatic carbocycles. The Labute approximate surface area is 352 Å². The molecule has 0 saturated carbocycles. The zero-order chi connectivity index (χ0) is 40.4. The third-order valence-corrected chi connectivity index (χ3v) is 13.2. The molecule has 0 bridgehead atoms. The molecule has 1 aliphatic carbocycles. The maximum atomic E-state index is 6.41. The summed E-state index contributed by atoms with van der Waals surface area (Å²) in [6.45, 7) is 4.72. The summed E-state index contributed by atoms with van der Waals surface area (Å²) < 4.78 is 15.1. The Kier molecular flexibility index (Phi) is 7.04. The van der Waals surface area contributed by atoms with Gasteiger partial charge in [0.25, 0.3) is 0 Å². The molecule has 61 heavy (non-hydrogen) atoms. The molecule has 0 spiro atoms. The Balaban J connectivity index is 0.965. The predicted molar refractivity (Wildman–Crippen MR) is 253 cm³/mol. The van der Waals surface area contributed by atoms with Gasteiger partial charge in [-0.1, -0.05) is 111 Å². The maximum absolute atomic E-state index is 6.41. The monoisotopic (exact) mass is 782 g/mol. The van der Waals surface area contributed by atoms with Crippen molar-refractivity contribution in [2.24, 2.45) is 0 Å². The number of furan rings is 2. The van der Waals surface area contributed by atoms with Gasteiger partial charge in [-0.3, -0.25) is 0 Å². The third kappa shape index (κ3) is 5.00. The number of anilines is 3. The number of hydrogen-bond donors (Lipinski definition) is 0. The number of fused-ring (bicyclic) bond motifs is 12. The Bertz CT molecular complexity index is 3730. The SMILES string of the molecule is CC1(C)c2ccccc2-c2cc3c4cc(-c5ccc(N(c6ccc7c(c6)oc6ccccc67)c6ccc7oc8ccccc8c7c6)cc5)ccc4n(-c4ccccc4)c3cc21. The van der Waals surface area contributed by atoms with E-state index in [9.17, 15) is 0 Å². The second-order valence-electron chi connectivity index (χ2n) is 16.9. The molecule has 0 aliphatic heterocycles. The molecular formula is C57H38N2O2. The van der Waals surface area contributed by atoms with Crippen LogP contribution in [0.2, 0.25) is 0 Å². The molecule has 13 rings (SSSR count). The van der Waals surface area contributed by atoms with E-state index < -0.39 is 0 Å². The van der Waals surface area contributed by atoms with Crippen molar-refractivity contribution < 1.29 is 8.83 Å². The topological polar surface area (TPSA) is 34.5 Å². The zero-order valence-electron chi connectivity index (χ0n) is 33.7. The van der Waals surface area contributed by atoms with Crippen molar-refractivity contribution in [3.63, 3.8) is 0 Å². The van der Waals surface area contributed by atoms with Gasteiger partial charge >= 0.3 is 0 Å². The second-order valence-corrected chi connectivity index (χ2v) is 16.9. The van der Waals surface area contributed by atoms with E-state index >= 15 is 0 Å². The van der Waals surface area contributed by atoms with E-state index in [-0.39, 0.29) is 5.41 Å². The lowest BCUT2D eigenvalue weighted by Crippen LogP contribution is -2.14. The zero-order valence-corrected chi connectivity index (χ0v) is 33.7. The first kappa shape index (κ1) is 34.1. The van der Waals surface area contributed by atoms with Crippen LogP contribution in [-0.2, 0) is 5.41 Å². The lowest BCUT2D eigenvalue weighted by Gasteiger charge is -2.25. The van der Waals surface area contributed by atoms with Gasteiger partial charge in [-0.15, -0.1) is 0 Å². The highest BCUT2D eigenvalue weighted by atomic mass is 16.3. The minimum atomic E-state index is -0.0885. The van der Waals surface area contributed by atoms with Gasteiger partial charge in [0.2, 0.25) is 0 Å². The van der Waals surface area contributed by atoms with E-state index in [1.807, 2.05) is 24.3 Å². The number of nitrogens with zero attached hydrogens (tertiary/aromatic N) is 2. The molecule has 0 N–H and O–H groups in total. The Morgan fingerprint density at radius 2 is 0.984 bits per heavy atom. The second kappa shape index (κ2) is 12.6. The quantitative estimate of drug-likeness (QED) is 0.174. The standard InChI is InChI=1S/C57H38N2O2/c1-57(2)49-17-9-6-14-41(49)45-33-47-46-30-36(22-28-51(46)59(52(47)34-50(45)57)37-12-4-3-5-13-37)35-20-23-38(24-21-35)58(39-26-29-55-48(31-39)43-16-8-11-19-54(43)60-55)40-25-27-44-42-15-7-10-18-53(42)61-56(44)32-40/h3-34H,1-2H3. The van der Waals surface area contributed by atoms with Crippen LogP contribution in [0.3, 0.4) is 0 Å². The Morgan fingerprint density at radius 3 is 1.80 bits per heavy atom. The molecule has 4 nitrogen and oxygen atoms in total. The van der Waals surface area contributed by atoms with Crippen molar-refractivity contribution in [2.45, 2.75) is 19.3 Å². The summed E-state index contributed by atoms with van der Waals surface area (Å²) in [7, 11) is 0. The van der Waals surface area contributed by atoms with Gasteiger partial charge in [-0.2, -0.15) is 0 Å². The predicted octanol–water partition coefficient (Wildman–Crippen LogP) is 16.0. The van der Waals surface area contributed by atoms with Crippen molar-refractivity contribution >= 4 is 82.7 Å². The highest BCUT2D eigenvalue weighted by Crippen LogP contribution is 2.51. The fraction of sp³-hybridized carbons (Fsp3) is 0.0526. The summed E-state index contributed by atoms with van der Waals surface area (Å²) in [5.74, 6) is 0. The number of rotatable bonds is 5. The first-order valence-electron chi connectivity index (χ1n) is 21.0. The highest BCUT2D eigenvalue weighted by Gasteiger charge is 2.36. The van der Waals surface area contributed by atoms with E-state index in [1.165, 1.54) is 49.6 Å². The van der Waals surface area contributed by atoms with Crippen molar-refractivity contribution in [1.82, 2.24) is 4.57 Å². The summed E-state index contributed by atoms with van der Waals surface area (Å²) in [4.78, 5) is 2.31. The number of benzene rings is 9. The van der Waals surface area contributed by atoms with E-state index in [2.05, 4.69) is 193 Å². The van der Waals surface area contributed by atoms with E-state index in [0.29, 0.717) is 0 Å². The van der Waals surface area contributed by atoms with Gasteiger partial charge in [-0.05, 0) is 124 Å². The third-order valence-electron chi connectivity index (χ3n) is 13.2. The molecular weight excluding hydrogens is 745 g/mol. The number of hydrogen-bond acceptors (Lipinski definition) is 3. The van der Waals surface area contributed by atoms with Crippen LogP contribution in [0.1, 0.15) is 25.0 Å². The van der Waals surface area contributed by atoms with Crippen LogP contribution in [0, 0.1) is 0 Å². The van der Waals surface area contributed by atoms with Crippen LogP contribution in [0.25, 0.3) is 93.6 Å². The van der Waals surface area contributed by atoms with Crippen LogP contribution in [0.4, 0.5) is 17.1 Å². The molecule has 4 heteroatoms. The van der Waals surface area contributed by atoms with Crippen LogP contribution in [0.5, 0.6) is 0 Å². The Hall–Kier alpha value is -7.82. The summed E-state index contributed by atoms with van der Waals surface area (Å²) in [6, 6.07) is 70.0.